The highest BCUT2D eigenvalue weighted by Gasteiger charge is 2.29. The van der Waals surface area contributed by atoms with E-state index in [0.717, 1.165) is 12.1 Å². The van der Waals surface area contributed by atoms with Gasteiger partial charge in [0.1, 0.15) is 23.7 Å². The van der Waals surface area contributed by atoms with Gasteiger partial charge in [0.2, 0.25) is 5.88 Å². The molecule has 2 saturated heterocycles. The SMILES string of the molecule is COc1ccc2ncc(F)c(N3CC[C@H](NC[C@@H]4CN(c5ccc(OC(F)F)cc5)CO4)C3)c2n1. The zero-order chi connectivity index (χ0) is 24.4. The van der Waals surface area contributed by atoms with E-state index >= 15 is 0 Å². The molecule has 8 nitrogen and oxygen atoms in total. The number of fused-ring (bicyclic) bond motifs is 1. The molecule has 2 aromatic heterocycles. The Morgan fingerprint density at radius 2 is 1.97 bits per heavy atom. The zero-order valence-corrected chi connectivity index (χ0v) is 19.2. The van der Waals surface area contributed by atoms with Crippen LogP contribution in [0, 0.1) is 5.82 Å². The molecule has 2 fully saturated rings. The molecule has 0 spiro atoms. The van der Waals surface area contributed by atoms with Gasteiger partial charge in [0.05, 0.1) is 24.9 Å². The number of pyridine rings is 2. The number of alkyl halides is 2. The van der Waals surface area contributed by atoms with Gasteiger partial charge in [0.25, 0.3) is 0 Å². The molecule has 1 aromatic carbocycles. The number of anilines is 2. The number of nitrogens with zero attached hydrogens (tertiary/aromatic N) is 4. The van der Waals surface area contributed by atoms with Crippen LogP contribution in [0.4, 0.5) is 24.5 Å². The summed E-state index contributed by atoms with van der Waals surface area (Å²) in [6.45, 7) is 0.221. The number of benzene rings is 1. The highest BCUT2D eigenvalue weighted by Crippen LogP contribution is 2.31. The Bertz CT molecular complexity index is 1170. The van der Waals surface area contributed by atoms with Crippen LogP contribution in [0.25, 0.3) is 11.0 Å². The molecule has 0 saturated carbocycles. The van der Waals surface area contributed by atoms with Gasteiger partial charge < -0.3 is 29.3 Å². The van der Waals surface area contributed by atoms with Gasteiger partial charge in [0, 0.05) is 44.0 Å². The largest absolute Gasteiger partial charge is 0.481 e. The Hall–Kier alpha value is -3.31. The van der Waals surface area contributed by atoms with E-state index in [4.69, 9.17) is 9.47 Å². The minimum Gasteiger partial charge on any atom is -0.481 e. The first-order chi connectivity index (χ1) is 17.0. The van der Waals surface area contributed by atoms with E-state index in [1.807, 2.05) is 9.80 Å². The average Bonchev–Trinajstić information content (AvgIpc) is 3.52. The first-order valence-electron chi connectivity index (χ1n) is 11.4. The van der Waals surface area contributed by atoms with Crippen molar-refractivity contribution in [3.63, 3.8) is 0 Å². The first-order valence-corrected chi connectivity index (χ1v) is 11.4. The van der Waals surface area contributed by atoms with Gasteiger partial charge in [-0.25, -0.2) is 9.37 Å². The topological polar surface area (TPSA) is 72.0 Å². The third-order valence-corrected chi connectivity index (χ3v) is 6.28. The number of nitrogens with one attached hydrogen (secondary N) is 1. The quantitative estimate of drug-likeness (QED) is 0.516. The minimum atomic E-state index is -2.84. The van der Waals surface area contributed by atoms with Crippen molar-refractivity contribution in [1.29, 1.82) is 0 Å². The monoisotopic (exact) mass is 489 g/mol. The summed E-state index contributed by atoms with van der Waals surface area (Å²) in [4.78, 5) is 12.6. The van der Waals surface area contributed by atoms with E-state index in [1.54, 1.807) is 24.3 Å². The maximum Gasteiger partial charge on any atom is 0.387 e. The standard InChI is InChI=1S/C24H26F3N5O3/c1-33-21-7-6-20-22(30-21)23(19(25)11-29-20)31-9-8-15(12-31)28-10-18-13-32(14-34-18)16-2-4-17(5-3-16)35-24(26)27/h2-7,11,15,18,24,28H,8-10,12-14H2,1H3/t15-,18+/m0/s1. The van der Waals surface area contributed by atoms with Crippen molar-refractivity contribution < 1.29 is 27.4 Å². The molecular formula is C24H26F3N5O3. The molecule has 2 aliphatic rings. The second-order valence-corrected chi connectivity index (χ2v) is 8.53. The van der Waals surface area contributed by atoms with Crippen LogP contribution in [0.2, 0.25) is 0 Å². The fraction of sp³-hybridized carbons (Fsp3) is 0.417. The van der Waals surface area contributed by atoms with Gasteiger partial charge in [-0.1, -0.05) is 0 Å². The number of rotatable bonds is 8. The lowest BCUT2D eigenvalue weighted by Crippen LogP contribution is -2.39. The third-order valence-electron chi connectivity index (χ3n) is 6.28. The van der Waals surface area contributed by atoms with E-state index in [1.165, 1.54) is 25.4 Å². The normalized spacial score (nSPS) is 20.3. The fourth-order valence-electron chi connectivity index (χ4n) is 4.54. The van der Waals surface area contributed by atoms with Crippen LogP contribution in [-0.2, 0) is 4.74 Å². The molecule has 0 bridgehead atoms. The number of hydrogen-bond donors (Lipinski definition) is 1. The van der Waals surface area contributed by atoms with Crippen molar-refractivity contribution in [3.8, 4) is 11.6 Å². The van der Waals surface area contributed by atoms with E-state index in [2.05, 4.69) is 20.0 Å². The van der Waals surface area contributed by atoms with Gasteiger partial charge in [-0.15, -0.1) is 0 Å². The highest BCUT2D eigenvalue weighted by atomic mass is 19.3. The number of ether oxygens (including phenoxy) is 3. The Labute approximate surface area is 200 Å². The van der Waals surface area contributed by atoms with Gasteiger partial charge in [0.15, 0.2) is 5.82 Å². The molecule has 186 valence electrons. The Morgan fingerprint density at radius 1 is 1.14 bits per heavy atom. The van der Waals surface area contributed by atoms with Crippen LogP contribution < -0.4 is 24.6 Å². The van der Waals surface area contributed by atoms with Crippen molar-refractivity contribution in [2.45, 2.75) is 25.2 Å². The number of halogens is 3. The summed E-state index contributed by atoms with van der Waals surface area (Å²) in [6.07, 6.45) is 2.07. The summed E-state index contributed by atoms with van der Waals surface area (Å²) in [5.74, 6) is 0.137. The van der Waals surface area contributed by atoms with Crippen LogP contribution in [-0.4, -0.2) is 68.7 Å². The molecule has 3 aromatic rings. The van der Waals surface area contributed by atoms with E-state index in [0.29, 0.717) is 55.5 Å². The van der Waals surface area contributed by atoms with Crippen LogP contribution in [0.3, 0.4) is 0 Å². The van der Waals surface area contributed by atoms with Crippen molar-refractivity contribution in [2.75, 3.05) is 49.8 Å². The van der Waals surface area contributed by atoms with Crippen LogP contribution in [0.15, 0.2) is 42.6 Å². The predicted molar refractivity (Wildman–Crippen MR) is 125 cm³/mol. The second kappa shape index (κ2) is 10.1. The van der Waals surface area contributed by atoms with Gasteiger partial charge in [-0.2, -0.15) is 8.78 Å². The summed E-state index contributed by atoms with van der Waals surface area (Å²) in [6, 6.07) is 10.2. The van der Waals surface area contributed by atoms with Gasteiger partial charge in [-0.05, 0) is 36.8 Å². The first kappa shape index (κ1) is 23.4. The van der Waals surface area contributed by atoms with Crippen LogP contribution in [0.5, 0.6) is 11.6 Å². The predicted octanol–water partition coefficient (Wildman–Crippen LogP) is 3.41. The Morgan fingerprint density at radius 3 is 2.74 bits per heavy atom. The summed E-state index contributed by atoms with van der Waals surface area (Å²) in [5, 5.41) is 3.54. The van der Waals surface area contributed by atoms with E-state index < -0.39 is 12.4 Å². The lowest BCUT2D eigenvalue weighted by atomic mass is 10.2. The zero-order valence-electron chi connectivity index (χ0n) is 19.2. The fourth-order valence-corrected chi connectivity index (χ4v) is 4.54. The van der Waals surface area contributed by atoms with E-state index in [9.17, 15) is 13.2 Å². The maximum absolute atomic E-state index is 14.8. The summed E-state index contributed by atoms with van der Waals surface area (Å²) >= 11 is 0. The van der Waals surface area contributed by atoms with Crippen molar-refractivity contribution in [1.82, 2.24) is 15.3 Å². The molecule has 0 unspecified atom stereocenters. The lowest BCUT2D eigenvalue weighted by molar-refractivity contribution is -0.0498. The smallest absolute Gasteiger partial charge is 0.387 e. The molecule has 0 amide bonds. The average molecular weight is 489 g/mol. The maximum atomic E-state index is 14.8. The third kappa shape index (κ3) is 5.20. The molecule has 2 atom stereocenters. The van der Waals surface area contributed by atoms with Crippen molar-refractivity contribution >= 4 is 22.4 Å². The minimum absolute atomic E-state index is 0.0227. The second-order valence-electron chi connectivity index (χ2n) is 8.53. The summed E-state index contributed by atoms with van der Waals surface area (Å²) in [7, 11) is 1.53. The lowest BCUT2D eigenvalue weighted by Gasteiger charge is -2.21. The molecule has 1 N–H and O–H groups in total. The van der Waals surface area contributed by atoms with Crippen LogP contribution in [0.1, 0.15) is 6.42 Å². The Kier molecular flexibility index (Phi) is 6.78. The molecule has 0 radical (unpaired) electrons. The summed E-state index contributed by atoms with van der Waals surface area (Å²) < 4.78 is 55.0. The molecule has 2 aliphatic heterocycles. The Balaban J connectivity index is 1.16. The molecule has 5 rings (SSSR count). The van der Waals surface area contributed by atoms with Crippen LogP contribution >= 0.6 is 0 Å². The molecule has 35 heavy (non-hydrogen) atoms. The highest BCUT2D eigenvalue weighted by molar-refractivity contribution is 5.88. The molecule has 11 heteroatoms. The number of hydrogen-bond acceptors (Lipinski definition) is 8. The van der Waals surface area contributed by atoms with Crippen molar-refractivity contribution in [2.24, 2.45) is 0 Å². The summed E-state index contributed by atoms with van der Waals surface area (Å²) in [5.41, 5.74) is 2.43. The number of aromatic nitrogens is 2. The van der Waals surface area contributed by atoms with E-state index in [-0.39, 0.29) is 17.9 Å². The van der Waals surface area contributed by atoms with Crippen molar-refractivity contribution in [3.05, 3.63) is 48.4 Å². The molecular weight excluding hydrogens is 463 g/mol. The van der Waals surface area contributed by atoms with Gasteiger partial charge in [-0.3, -0.25) is 4.98 Å². The molecule has 4 heterocycles. The molecule has 0 aliphatic carbocycles. The number of methoxy groups -OCH3 is 1. The van der Waals surface area contributed by atoms with Gasteiger partial charge >= 0.3 is 6.61 Å².